The number of nitrogens with one attached hydrogen (secondary N) is 1. The van der Waals surface area contributed by atoms with Gasteiger partial charge in [-0.15, -0.1) is 0 Å². The molecule has 0 bridgehead atoms. The quantitative estimate of drug-likeness (QED) is 0.148. The van der Waals surface area contributed by atoms with Gasteiger partial charge in [0.1, 0.15) is 31.0 Å². The van der Waals surface area contributed by atoms with Crippen molar-refractivity contribution in [3.8, 4) is 0 Å². The topological polar surface area (TPSA) is 84.5 Å². The van der Waals surface area contributed by atoms with E-state index in [0.29, 0.717) is 52.5 Å². The molecule has 0 spiro atoms. The number of ether oxygens (including phenoxy) is 6. The summed E-state index contributed by atoms with van der Waals surface area (Å²) in [5.41, 5.74) is 4.25. The maximum Gasteiger partial charge on any atom is 0.407 e. The molecule has 4 aromatic rings. The fraction of sp³-hybridized carbons (Fsp3) is 0.359. The van der Waals surface area contributed by atoms with Crippen molar-refractivity contribution in [2.24, 2.45) is 0 Å². The zero-order chi connectivity index (χ0) is 32.1. The monoisotopic (exact) mass is 637 g/mol. The number of hydrogen-bond donors (Lipinski definition) is 1. The molecule has 4 aromatic carbocycles. The van der Waals surface area contributed by atoms with Gasteiger partial charge in [0.15, 0.2) is 0 Å². The highest BCUT2D eigenvalue weighted by Gasteiger charge is 2.48. The highest BCUT2D eigenvalue weighted by Crippen LogP contribution is 2.33. The minimum atomic E-state index is -0.485. The normalized spacial score (nSPS) is 24.0. The fourth-order valence-electron chi connectivity index (χ4n) is 6.06. The van der Waals surface area contributed by atoms with E-state index < -0.39 is 24.4 Å². The second-order valence-corrected chi connectivity index (χ2v) is 12.0. The Morgan fingerprint density at radius 1 is 0.553 bits per heavy atom. The number of carbonyl (C=O) groups is 1. The lowest BCUT2D eigenvalue weighted by Gasteiger charge is -2.46. The number of hydrogen-bond acceptors (Lipinski definition) is 7. The molecule has 0 unspecified atom stereocenters. The molecule has 8 nitrogen and oxygen atoms in total. The lowest BCUT2D eigenvalue weighted by molar-refractivity contribution is -0.273. The van der Waals surface area contributed by atoms with Crippen LogP contribution in [0.5, 0.6) is 0 Å². The Morgan fingerprint density at radius 3 is 1.47 bits per heavy atom. The van der Waals surface area contributed by atoms with Gasteiger partial charge in [0.05, 0.1) is 45.2 Å². The summed E-state index contributed by atoms with van der Waals surface area (Å²) < 4.78 is 38.6. The summed E-state index contributed by atoms with van der Waals surface area (Å²) >= 11 is 0. The summed E-state index contributed by atoms with van der Waals surface area (Å²) in [6.45, 7) is 2.26. The Hall–Kier alpha value is -4.05. The Labute approximate surface area is 276 Å². The number of rotatable bonds is 16. The van der Waals surface area contributed by atoms with Crippen LogP contribution in [-0.4, -0.2) is 55.9 Å². The van der Waals surface area contributed by atoms with Crippen molar-refractivity contribution in [3.63, 3.8) is 0 Å². The zero-order valence-corrected chi connectivity index (χ0v) is 26.5. The van der Waals surface area contributed by atoms with Gasteiger partial charge in [0, 0.05) is 0 Å². The third kappa shape index (κ3) is 9.73. The van der Waals surface area contributed by atoms with Gasteiger partial charge in [0.25, 0.3) is 0 Å². The molecule has 2 saturated heterocycles. The second-order valence-electron chi connectivity index (χ2n) is 12.0. The number of amides is 1. The average molecular weight is 638 g/mol. The van der Waals surface area contributed by atoms with Gasteiger partial charge in [-0.1, -0.05) is 121 Å². The van der Waals surface area contributed by atoms with E-state index >= 15 is 0 Å². The number of carbonyl (C=O) groups excluding carboxylic acids is 1. The molecule has 0 aliphatic carbocycles. The Bertz CT molecular complexity index is 1470. The average Bonchev–Trinajstić information content (AvgIpc) is 3.55. The van der Waals surface area contributed by atoms with Crippen molar-refractivity contribution >= 4 is 6.09 Å². The summed E-state index contributed by atoms with van der Waals surface area (Å²) in [5, 5.41) is 2.90. The van der Waals surface area contributed by atoms with Gasteiger partial charge in [-0.2, -0.15) is 0 Å². The Morgan fingerprint density at radius 2 is 1.00 bits per heavy atom. The predicted octanol–water partition coefficient (Wildman–Crippen LogP) is 6.62. The van der Waals surface area contributed by atoms with Gasteiger partial charge < -0.3 is 33.7 Å². The van der Waals surface area contributed by atoms with Crippen LogP contribution in [0.15, 0.2) is 121 Å². The van der Waals surface area contributed by atoms with Gasteiger partial charge in [-0.3, -0.25) is 0 Å². The van der Waals surface area contributed by atoms with Crippen LogP contribution in [-0.2, 0) is 54.8 Å². The third-order valence-corrected chi connectivity index (χ3v) is 8.52. The van der Waals surface area contributed by atoms with E-state index in [1.165, 1.54) is 0 Å². The molecule has 2 heterocycles. The van der Waals surface area contributed by atoms with Crippen molar-refractivity contribution in [1.82, 2.24) is 5.32 Å². The van der Waals surface area contributed by atoms with Crippen LogP contribution in [0.1, 0.15) is 35.1 Å². The molecule has 0 radical (unpaired) electrons. The number of alkyl carbamates (subject to hydrolysis) is 1. The SMILES string of the molecule is O=C1N[C@@H](CC[C@@H]2O[C@H](COCc3ccccc3)[C@@H](OCc3ccccc3)[C@H](OCc3ccccc3)[C@H]2OCc2ccccc2)CO1. The third-order valence-electron chi connectivity index (χ3n) is 8.52. The highest BCUT2D eigenvalue weighted by molar-refractivity contribution is 5.69. The van der Waals surface area contributed by atoms with Crippen molar-refractivity contribution in [1.29, 1.82) is 0 Å². The zero-order valence-electron chi connectivity index (χ0n) is 26.5. The first-order valence-corrected chi connectivity index (χ1v) is 16.4. The first-order valence-electron chi connectivity index (χ1n) is 16.4. The van der Waals surface area contributed by atoms with Crippen molar-refractivity contribution in [2.75, 3.05) is 13.2 Å². The maximum absolute atomic E-state index is 11.8. The van der Waals surface area contributed by atoms with Crippen molar-refractivity contribution in [2.45, 2.75) is 75.8 Å². The number of benzene rings is 4. The van der Waals surface area contributed by atoms with Crippen LogP contribution in [0.3, 0.4) is 0 Å². The first kappa shape index (κ1) is 32.9. The molecule has 0 saturated carbocycles. The molecule has 1 N–H and O–H groups in total. The van der Waals surface area contributed by atoms with E-state index in [-0.39, 0.29) is 18.2 Å². The lowest BCUT2D eigenvalue weighted by atomic mass is 9.91. The summed E-state index contributed by atoms with van der Waals surface area (Å²) in [5.74, 6) is 0. The summed E-state index contributed by atoms with van der Waals surface area (Å²) in [4.78, 5) is 11.8. The van der Waals surface area contributed by atoms with E-state index in [2.05, 4.69) is 29.6 Å². The molecule has 2 aliphatic heterocycles. The maximum atomic E-state index is 11.8. The van der Waals surface area contributed by atoms with Crippen LogP contribution < -0.4 is 5.32 Å². The Balaban J connectivity index is 1.28. The standard InChI is InChI=1S/C39H43NO7/c41-39-40-33(27-46-39)21-22-34-36(43-24-30-15-7-2-8-16-30)38(45-26-32-19-11-4-12-20-32)37(44-25-31-17-9-3-10-18-31)35(47-34)28-42-23-29-13-5-1-6-14-29/h1-20,33-38H,21-28H2,(H,40,41)/t33-,34-,35+,36-,37+,38+/m0/s1. The van der Waals surface area contributed by atoms with Gasteiger partial charge in [0.2, 0.25) is 0 Å². The van der Waals surface area contributed by atoms with E-state index in [1.54, 1.807) is 0 Å². The van der Waals surface area contributed by atoms with E-state index in [1.807, 2.05) is 97.1 Å². The van der Waals surface area contributed by atoms with E-state index in [0.717, 1.165) is 22.3 Å². The fourth-order valence-corrected chi connectivity index (χ4v) is 6.06. The number of cyclic esters (lactones) is 1. The van der Waals surface area contributed by atoms with Crippen LogP contribution in [0.4, 0.5) is 4.79 Å². The molecule has 2 aliphatic rings. The highest BCUT2D eigenvalue weighted by atomic mass is 16.6. The van der Waals surface area contributed by atoms with Crippen LogP contribution in [0.25, 0.3) is 0 Å². The second kappa shape index (κ2) is 17.2. The lowest BCUT2D eigenvalue weighted by Crippen LogP contribution is -2.61. The molecule has 246 valence electrons. The minimum Gasteiger partial charge on any atom is -0.447 e. The predicted molar refractivity (Wildman–Crippen MR) is 177 cm³/mol. The molecular weight excluding hydrogens is 594 g/mol. The van der Waals surface area contributed by atoms with Crippen molar-refractivity contribution < 1.29 is 33.2 Å². The summed E-state index contributed by atoms with van der Waals surface area (Å²) in [7, 11) is 0. The van der Waals surface area contributed by atoms with Gasteiger partial charge in [-0.25, -0.2) is 4.79 Å². The van der Waals surface area contributed by atoms with Gasteiger partial charge in [-0.05, 0) is 35.1 Å². The van der Waals surface area contributed by atoms with Crippen LogP contribution >= 0.6 is 0 Å². The molecule has 47 heavy (non-hydrogen) atoms. The Kier molecular flexibility index (Phi) is 12.0. The molecule has 8 heteroatoms. The first-order chi connectivity index (χ1) is 23.2. The molecular formula is C39H43NO7. The smallest absolute Gasteiger partial charge is 0.407 e. The molecule has 2 fully saturated rings. The minimum absolute atomic E-state index is 0.0932. The largest absolute Gasteiger partial charge is 0.447 e. The van der Waals surface area contributed by atoms with E-state index in [4.69, 9.17) is 28.4 Å². The van der Waals surface area contributed by atoms with Gasteiger partial charge >= 0.3 is 6.09 Å². The molecule has 1 amide bonds. The van der Waals surface area contributed by atoms with Crippen LogP contribution in [0.2, 0.25) is 0 Å². The van der Waals surface area contributed by atoms with Crippen LogP contribution in [0, 0.1) is 0 Å². The summed E-state index contributed by atoms with van der Waals surface area (Å²) in [6.07, 6.45) is -1.29. The molecule has 0 aromatic heterocycles. The summed E-state index contributed by atoms with van der Waals surface area (Å²) in [6, 6.07) is 40.3. The molecule has 6 rings (SSSR count). The van der Waals surface area contributed by atoms with Crippen molar-refractivity contribution in [3.05, 3.63) is 144 Å². The molecule has 6 atom stereocenters. The van der Waals surface area contributed by atoms with E-state index in [9.17, 15) is 4.79 Å².